The van der Waals surface area contributed by atoms with E-state index >= 15 is 0 Å². The first-order valence-corrected chi connectivity index (χ1v) is 10.4. The summed E-state index contributed by atoms with van der Waals surface area (Å²) in [7, 11) is -0.855. The summed E-state index contributed by atoms with van der Waals surface area (Å²) in [6.45, 7) is 1.43. The lowest BCUT2D eigenvalue weighted by molar-refractivity contribution is -0.131. The SMILES string of the molecule is COc1cc(OC)cc(C2(C)OC(NS(=O)(=O)CCCBr)=C(O)C2=O)c1. The van der Waals surface area contributed by atoms with Crippen LogP contribution < -0.4 is 14.2 Å². The standard InChI is InChI=1S/C16H20BrNO7S/c1-16(10-7-11(23-2)9-12(8-10)24-3)14(20)13(19)15(25-16)18-26(21,22)6-4-5-17/h7-9,18-19H,4-6H2,1-3H3. The van der Waals surface area contributed by atoms with Crippen LogP contribution in [0.4, 0.5) is 0 Å². The topological polar surface area (TPSA) is 111 Å². The largest absolute Gasteiger partial charge is 0.501 e. The van der Waals surface area contributed by atoms with Crippen LogP contribution in [-0.4, -0.2) is 44.6 Å². The number of alkyl halides is 1. The van der Waals surface area contributed by atoms with Crippen molar-refractivity contribution >= 4 is 31.7 Å². The number of methoxy groups -OCH3 is 2. The highest BCUT2D eigenvalue weighted by atomic mass is 79.9. The molecule has 1 aromatic rings. The molecule has 0 amide bonds. The van der Waals surface area contributed by atoms with Crippen LogP contribution in [0.1, 0.15) is 18.9 Å². The number of carbonyl (C=O) groups excluding carboxylic acids is 1. The molecule has 0 saturated carbocycles. The Bertz CT molecular complexity index is 815. The van der Waals surface area contributed by atoms with Gasteiger partial charge in [0.1, 0.15) is 11.5 Å². The highest BCUT2D eigenvalue weighted by Crippen LogP contribution is 2.40. The van der Waals surface area contributed by atoms with Crippen molar-refractivity contribution in [2.24, 2.45) is 0 Å². The molecule has 1 atom stereocenters. The number of benzene rings is 1. The van der Waals surface area contributed by atoms with Crippen LogP contribution in [0.25, 0.3) is 0 Å². The molecule has 0 spiro atoms. The molecule has 1 aliphatic heterocycles. The minimum absolute atomic E-state index is 0.184. The fourth-order valence-electron chi connectivity index (χ4n) is 2.41. The molecule has 8 nitrogen and oxygen atoms in total. The van der Waals surface area contributed by atoms with E-state index in [-0.39, 0.29) is 5.75 Å². The maximum atomic E-state index is 12.6. The quantitative estimate of drug-likeness (QED) is 0.583. The van der Waals surface area contributed by atoms with E-state index in [0.29, 0.717) is 28.8 Å². The van der Waals surface area contributed by atoms with Crippen molar-refractivity contribution in [3.63, 3.8) is 0 Å². The molecule has 2 N–H and O–H groups in total. The van der Waals surface area contributed by atoms with E-state index in [0.717, 1.165) is 0 Å². The molecule has 0 aliphatic carbocycles. The van der Waals surface area contributed by atoms with Gasteiger partial charge in [0.15, 0.2) is 5.60 Å². The van der Waals surface area contributed by atoms with E-state index in [1.54, 1.807) is 18.2 Å². The van der Waals surface area contributed by atoms with Crippen LogP contribution in [0, 0.1) is 0 Å². The second-order valence-corrected chi connectivity index (χ2v) is 8.34. The smallest absolute Gasteiger partial charge is 0.250 e. The van der Waals surface area contributed by atoms with Gasteiger partial charge in [-0.3, -0.25) is 9.52 Å². The molecule has 26 heavy (non-hydrogen) atoms. The summed E-state index contributed by atoms with van der Waals surface area (Å²) >= 11 is 3.15. The molecule has 1 unspecified atom stereocenters. The van der Waals surface area contributed by atoms with Gasteiger partial charge in [0.2, 0.25) is 21.7 Å². The molecule has 1 aliphatic rings. The van der Waals surface area contributed by atoms with Crippen molar-refractivity contribution in [3.05, 3.63) is 35.4 Å². The van der Waals surface area contributed by atoms with Crippen LogP contribution in [0.15, 0.2) is 29.8 Å². The molecule has 0 radical (unpaired) electrons. The predicted molar refractivity (Wildman–Crippen MR) is 98.0 cm³/mol. The maximum Gasteiger partial charge on any atom is 0.250 e. The van der Waals surface area contributed by atoms with Crippen molar-refractivity contribution in [3.8, 4) is 11.5 Å². The molecule has 0 saturated heterocycles. The Morgan fingerprint density at radius 1 is 1.23 bits per heavy atom. The molecule has 144 valence electrons. The van der Waals surface area contributed by atoms with Gasteiger partial charge in [-0.2, -0.15) is 0 Å². The van der Waals surface area contributed by atoms with Gasteiger partial charge >= 0.3 is 0 Å². The Balaban J connectivity index is 2.35. The van der Waals surface area contributed by atoms with Gasteiger partial charge in [-0.15, -0.1) is 0 Å². The van der Waals surface area contributed by atoms with E-state index in [1.165, 1.54) is 21.1 Å². The first-order valence-electron chi connectivity index (χ1n) is 7.64. The Labute approximate surface area is 160 Å². The highest BCUT2D eigenvalue weighted by molar-refractivity contribution is 9.09. The lowest BCUT2D eigenvalue weighted by Crippen LogP contribution is -2.32. The summed E-state index contributed by atoms with van der Waals surface area (Å²) in [6, 6.07) is 4.72. The average Bonchev–Trinajstić information content (AvgIpc) is 2.83. The lowest BCUT2D eigenvalue weighted by Gasteiger charge is -2.24. The number of hydrogen-bond acceptors (Lipinski definition) is 7. The Morgan fingerprint density at radius 3 is 2.31 bits per heavy atom. The molecule has 1 aromatic carbocycles. The first kappa shape index (κ1) is 20.4. The third-order valence-electron chi connectivity index (χ3n) is 3.87. The molecule has 1 heterocycles. The first-order chi connectivity index (χ1) is 12.2. The molecule has 0 aromatic heterocycles. The Kier molecular flexibility index (Phi) is 6.07. The van der Waals surface area contributed by atoms with Gasteiger partial charge in [-0.25, -0.2) is 8.42 Å². The van der Waals surface area contributed by atoms with E-state index in [2.05, 4.69) is 20.7 Å². The van der Waals surface area contributed by atoms with Crippen LogP contribution in [0.5, 0.6) is 11.5 Å². The summed E-state index contributed by atoms with van der Waals surface area (Å²) in [6.07, 6.45) is 0.363. The number of ketones is 1. The molecule has 0 bridgehead atoms. The van der Waals surface area contributed by atoms with E-state index in [4.69, 9.17) is 14.2 Å². The number of sulfonamides is 1. The predicted octanol–water partition coefficient (Wildman–Crippen LogP) is 1.95. The fourth-order valence-corrected chi connectivity index (χ4v) is 4.11. The Morgan fingerprint density at radius 2 is 1.81 bits per heavy atom. The van der Waals surface area contributed by atoms with Gasteiger partial charge in [0, 0.05) is 17.0 Å². The van der Waals surface area contributed by atoms with Crippen molar-refractivity contribution in [1.29, 1.82) is 0 Å². The minimum Gasteiger partial charge on any atom is -0.501 e. The zero-order valence-electron chi connectivity index (χ0n) is 14.5. The summed E-state index contributed by atoms with van der Waals surface area (Å²) < 4.78 is 42.1. The third kappa shape index (κ3) is 4.07. The fraction of sp³-hybridized carbons (Fsp3) is 0.438. The number of aliphatic hydroxyl groups excluding tert-OH is 1. The second kappa shape index (κ2) is 7.75. The molecule has 2 rings (SSSR count). The molecule has 10 heteroatoms. The highest BCUT2D eigenvalue weighted by Gasteiger charge is 2.49. The van der Waals surface area contributed by atoms with Crippen LogP contribution in [-0.2, 0) is 25.2 Å². The zero-order valence-corrected chi connectivity index (χ0v) is 16.9. The number of Topliss-reactive ketones (excluding diaryl/α,β-unsaturated/α-hetero) is 1. The van der Waals surface area contributed by atoms with Crippen molar-refractivity contribution in [2.45, 2.75) is 18.9 Å². The van der Waals surface area contributed by atoms with Crippen LogP contribution >= 0.6 is 15.9 Å². The summed E-state index contributed by atoms with van der Waals surface area (Å²) in [5.41, 5.74) is -1.28. The Hall–Kier alpha value is -1.94. The van der Waals surface area contributed by atoms with Gasteiger partial charge < -0.3 is 19.3 Å². The third-order valence-corrected chi connectivity index (χ3v) is 5.75. The monoisotopic (exact) mass is 449 g/mol. The number of nitrogens with one attached hydrogen (secondary N) is 1. The number of aliphatic hydroxyl groups is 1. The van der Waals surface area contributed by atoms with Gasteiger partial charge in [0.05, 0.1) is 20.0 Å². The number of halogens is 1. The van der Waals surface area contributed by atoms with Crippen molar-refractivity contribution < 1.29 is 32.5 Å². The molecular weight excluding hydrogens is 430 g/mol. The van der Waals surface area contributed by atoms with Crippen LogP contribution in [0.3, 0.4) is 0 Å². The van der Waals surface area contributed by atoms with Crippen molar-refractivity contribution in [1.82, 2.24) is 4.72 Å². The summed E-state index contributed by atoms with van der Waals surface area (Å²) in [5, 5.41) is 10.6. The van der Waals surface area contributed by atoms with E-state index in [1.807, 2.05) is 0 Å². The maximum absolute atomic E-state index is 12.6. The van der Waals surface area contributed by atoms with Gasteiger partial charge in [-0.05, 0) is 25.5 Å². The summed E-state index contributed by atoms with van der Waals surface area (Å²) in [4.78, 5) is 12.6. The summed E-state index contributed by atoms with van der Waals surface area (Å²) in [5.74, 6) is -1.39. The van der Waals surface area contributed by atoms with Crippen LogP contribution in [0.2, 0.25) is 0 Å². The number of hydrogen-bond donors (Lipinski definition) is 2. The molecular formula is C16H20BrNO7S. The van der Waals surface area contributed by atoms with Gasteiger partial charge in [-0.1, -0.05) is 15.9 Å². The minimum atomic E-state index is -3.77. The average molecular weight is 450 g/mol. The number of carbonyl (C=O) groups is 1. The number of rotatable bonds is 8. The van der Waals surface area contributed by atoms with Gasteiger partial charge in [0.25, 0.3) is 5.78 Å². The zero-order chi connectivity index (χ0) is 19.5. The van der Waals surface area contributed by atoms with Crippen molar-refractivity contribution in [2.75, 3.05) is 25.3 Å². The second-order valence-electron chi connectivity index (χ2n) is 5.71. The lowest BCUT2D eigenvalue weighted by atomic mass is 9.91. The molecule has 0 fully saturated rings. The van der Waals surface area contributed by atoms with E-state index < -0.39 is 33.0 Å². The van der Waals surface area contributed by atoms with E-state index in [9.17, 15) is 18.3 Å². The number of ether oxygens (including phenoxy) is 3. The normalized spacial score (nSPS) is 20.1.